The molecule has 0 radical (unpaired) electrons. The fraction of sp³-hybridized carbons (Fsp3) is 0.125. The van der Waals surface area contributed by atoms with E-state index in [1.54, 1.807) is 6.20 Å². The Labute approximate surface area is 88.1 Å². The van der Waals surface area contributed by atoms with Gasteiger partial charge in [0.2, 0.25) is 0 Å². The standard InChI is InChI=1S/C8H8Br2N2/c9-8(10)4-6-2-1-3-12-7(6)5-11/h1-4H,5,11H2. The monoisotopic (exact) mass is 290 g/mol. The van der Waals surface area contributed by atoms with Crippen molar-refractivity contribution in [3.05, 3.63) is 33.0 Å². The first-order valence-corrected chi connectivity index (χ1v) is 4.99. The van der Waals surface area contributed by atoms with Crippen molar-refractivity contribution in [2.75, 3.05) is 0 Å². The fourth-order valence-corrected chi connectivity index (χ4v) is 1.36. The summed E-state index contributed by atoms with van der Waals surface area (Å²) in [6.45, 7) is 0.458. The van der Waals surface area contributed by atoms with Gasteiger partial charge in [0.15, 0.2) is 0 Å². The summed E-state index contributed by atoms with van der Waals surface area (Å²) in [5.41, 5.74) is 7.43. The highest BCUT2D eigenvalue weighted by Gasteiger charge is 1.97. The van der Waals surface area contributed by atoms with Gasteiger partial charge in [-0.3, -0.25) is 4.98 Å². The summed E-state index contributed by atoms with van der Waals surface area (Å²) in [7, 11) is 0. The third-order valence-corrected chi connectivity index (χ3v) is 1.84. The Morgan fingerprint density at radius 3 is 2.92 bits per heavy atom. The molecule has 4 heteroatoms. The minimum atomic E-state index is 0.458. The lowest BCUT2D eigenvalue weighted by molar-refractivity contribution is 0.985. The average Bonchev–Trinajstić information content (AvgIpc) is 2.04. The van der Waals surface area contributed by atoms with E-state index in [4.69, 9.17) is 5.73 Å². The van der Waals surface area contributed by atoms with E-state index in [9.17, 15) is 0 Å². The molecule has 0 aliphatic rings. The number of hydrogen-bond acceptors (Lipinski definition) is 2. The summed E-state index contributed by atoms with van der Waals surface area (Å²) in [6, 6.07) is 3.85. The van der Waals surface area contributed by atoms with Crippen molar-refractivity contribution in [3.8, 4) is 0 Å². The van der Waals surface area contributed by atoms with E-state index in [-0.39, 0.29) is 0 Å². The lowest BCUT2D eigenvalue weighted by Crippen LogP contribution is -2.01. The van der Waals surface area contributed by atoms with E-state index in [0.717, 1.165) is 14.6 Å². The molecule has 1 rings (SSSR count). The van der Waals surface area contributed by atoms with Crippen molar-refractivity contribution >= 4 is 37.9 Å². The van der Waals surface area contributed by atoms with Crippen molar-refractivity contribution < 1.29 is 0 Å². The zero-order chi connectivity index (χ0) is 8.97. The first kappa shape index (κ1) is 9.89. The Hall–Kier alpha value is -0.190. The quantitative estimate of drug-likeness (QED) is 0.910. The highest BCUT2D eigenvalue weighted by atomic mass is 79.9. The summed E-state index contributed by atoms with van der Waals surface area (Å²) < 4.78 is 0.887. The van der Waals surface area contributed by atoms with E-state index in [0.29, 0.717) is 6.54 Å². The summed E-state index contributed by atoms with van der Waals surface area (Å²) >= 11 is 6.57. The van der Waals surface area contributed by atoms with Crippen molar-refractivity contribution in [1.82, 2.24) is 4.98 Å². The number of pyridine rings is 1. The van der Waals surface area contributed by atoms with Crippen molar-refractivity contribution in [3.63, 3.8) is 0 Å². The van der Waals surface area contributed by atoms with Gasteiger partial charge in [-0.25, -0.2) is 0 Å². The second-order valence-corrected chi connectivity index (χ2v) is 4.95. The molecular formula is C8H8Br2N2. The molecule has 0 saturated carbocycles. The van der Waals surface area contributed by atoms with Crippen LogP contribution in [0.25, 0.3) is 6.08 Å². The molecule has 0 aliphatic heterocycles. The second kappa shape index (κ2) is 4.74. The molecule has 12 heavy (non-hydrogen) atoms. The molecule has 0 saturated heterocycles. The molecule has 0 aliphatic carbocycles. The summed E-state index contributed by atoms with van der Waals surface area (Å²) in [5, 5.41) is 0. The number of hydrogen-bond donors (Lipinski definition) is 1. The Bertz CT molecular complexity index is 293. The molecule has 0 unspecified atom stereocenters. The van der Waals surface area contributed by atoms with Crippen LogP contribution in [-0.4, -0.2) is 4.98 Å². The summed E-state index contributed by atoms with van der Waals surface area (Å²) in [6.07, 6.45) is 3.66. The van der Waals surface area contributed by atoms with Gasteiger partial charge in [0, 0.05) is 12.7 Å². The van der Waals surface area contributed by atoms with Crippen LogP contribution in [0.2, 0.25) is 0 Å². The molecule has 0 spiro atoms. The average molecular weight is 292 g/mol. The minimum absolute atomic E-state index is 0.458. The van der Waals surface area contributed by atoms with Gasteiger partial charge in [-0.15, -0.1) is 0 Å². The highest BCUT2D eigenvalue weighted by molar-refractivity contribution is 9.28. The molecular weight excluding hydrogens is 284 g/mol. The van der Waals surface area contributed by atoms with Crippen LogP contribution in [0.1, 0.15) is 11.3 Å². The maximum Gasteiger partial charge on any atom is 0.0612 e. The summed E-state index contributed by atoms with van der Waals surface area (Å²) in [5.74, 6) is 0. The molecule has 64 valence electrons. The first-order chi connectivity index (χ1) is 5.74. The van der Waals surface area contributed by atoms with Gasteiger partial charge < -0.3 is 5.73 Å². The van der Waals surface area contributed by atoms with Crippen LogP contribution < -0.4 is 5.73 Å². The van der Waals surface area contributed by atoms with Gasteiger partial charge >= 0.3 is 0 Å². The van der Waals surface area contributed by atoms with Crippen LogP contribution in [0, 0.1) is 0 Å². The van der Waals surface area contributed by atoms with E-state index in [1.165, 1.54) is 0 Å². The van der Waals surface area contributed by atoms with Crippen molar-refractivity contribution in [1.29, 1.82) is 0 Å². The maximum atomic E-state index is 5.50. The lowest BCUT2D eigenvalue weighted by atomic mass is 10.2. The Balaban J connectivity index is 3.05. The molecule has 2 nitrogen and oxygen atoms in total. The van der Waals surface area contributed by atoms with E-state index in [1.807, 2.05) is 18.2 Å². The molecule has 1 aromatic heterocycles. The smallest absolute Gasteiger partial charge is 0.0612 e. The number of aromatic nitrogens is 1. The van der Waals surface area contributed by atoms with Crippen LogP contribution in [0.3, 0.4) is 0 Å². The number of halogens is 2. The predicted molar refractivity (Wildman–Crippen MR) is 58.0 cm³/mol. The summed E-state index contributed by atoms with van der Waals surface area (Å²) in [4.78, 5) is 4.14. The van der Waals surface area contributed by atoms with Gasteiger partial charge in [-0.2, -0.15) is 0 Å². The SMILES string of the molecule is NCc1ncccc1C=C(Br)Br. The zero-order valence-electron chi connectivity index (χ0n) is 6.30. The van der Waals surface area contributed by atoms with Gasteiger partial charge in [-0.1, -0.05) is 6.07 Å². The van der Waals surface area contributed by atoms with Crippen LogP contribution in [-0.2, 0) is 6.54 Å². The maximum absolute atomic E-state index is 5.50. The van der Waals surface area contributed by atoms with Crippen LogP contribution in [0.15, 0.2) is 21.7 Å². The molecule has 1 aromatic rings. The first-order valence-electron chi connectivity index (χ1n) is 3.40. The Kier molecular flexibility index (Phi) is 3.91. The van der Waals surface area contributed by atoms with Crippen LogP contribution in [0.4, 0.5) is 0 Å². The van der Waals surface area contributed by atoms with Crippen molar-refractivity contribution in [2.24, 2.45) is 5.73 Å². The second-order valence-electron chi connectivity index (χ2n) is 2.18. The van der Waals surface area contributed by atoms with Gasteiger partial charge in [0.05, 0.1) is 9.09 Å². The number of rotatable bonds is 2. The fourth-order valence-electron chi connectivity index (χ4n) is 0.870. The third kappa shape index (κ3) is 2.69. The molecule has 2 N–H and O–H groups in total. The highest BCUT2D eigenvalue weighted by Crippen LogP contribution is 2.19. The molecule has 0 amide bonds. The Morgan fingerprint density at radius 2 is 2.33 bits per heavy atom. The normalized spacial score (nSPS) is 9.58. The van der Waals surface area contributed by atoms with E-state index < -0.39 is 0 Å². The van der Waals surface area contributed by atoms with Gasteiger partial charge in [0.1, 0.15) is 0 Å². The number of nitrogens with two attached hydrogens (primary N) is 1. The molecule has 1 heterocycles. The molecule has 0 bridgehead atoms. The van der Waals surface area contributed by atoms with Gasteiger partial charge in [0.25, 0.3) is 0 Å². The van der Waals surface area contributed by atoms with E-state index >= 15 is 0 Å². The van der Waals surface area contributed by atoms with Gasteiger partial charge in [-0.05, 0) is 49.6 Å². The topological polar surface area (TPSA) is 38.9 Å². The molecule has 0 atom stereocenters. The molecule has 0 aromatic carbocycles. The lowest BCUT2D eigenvalue weighted by Gasteiger charge is -2.00. The zero-order valence-corrected chi connectivity index (χ0v) is 9.47. The van der Waals surface area contributed by atoms with E-state index in [2.05, 4.69) is 36.8 Å². The Morgan fingerprint density at radius 1 is 1.58 bits per heavy atom. The minimum Gasteiger partial charge on any atom is -0.325 e. The number of nitrogens with zero attached hydrogens (tertiary/aromatic N) is 1. The van der Waals surface area contributed by atoms with Crippen LogP contribution >= 0.6 is 31.9 Å². The van der Waals surface area contributed by atoms with Crippen molar-refractivity contribution in [2.45, 2.75) is 6.54 Å². The predicted octanol–water partition coefficient (Wildman–Crippen LogP) is 2.63. The third-order valence-electron chi connectivity index (χ3n) is 1.38. The largest absolute Gasteiger partial charge is 0.325 e. The van der Waals surface area contributed by atoms with Crippen LogP contribution in [0.5, 0.6) is 0 Å². The molecule has 0 fully saturated rings.